The molecular formula is C14H20FNOS. The summed E-state index contributed by atoms with van der Waals surface area (Å²) in [6.07, 6.45) is 2.95. The van der Waals surface area contributed by atoms with Gasteiger partial charge < -0.3 is 5.73 Å². The Morgan fingerprint density at radius 3 is 2.83 bits per heavy atom. The van der Waals surface area contributed by atoms with Gasteiger partial charge in [-0.15, -0.1) is 0 Å². The van der Waals surface area contributed by atoms with Crippen molar-refractivity contribution in [3.63, 3.8) is 0 Å². The monoisotopic (exact) mass is 269 g/mol. The Bertz CT molecular complexity index is 461. The normalized spacial score (nSPS) is 28.9. The number of hydrogen-bond donors (Lipinski definition) is 1. The fourth-order valence-corrected chi connectivity index (χ4v) is 4.42. The molecule has 0 radical (unpaired) electrons. The topological polar surface area (TPSA) is 43.1 Å². The average Bonchev–Trinajstić information content (AvgIpc) is 2.32. The van der Waals surface area contributed by atoms with Crippen molar-refractivity contribution in [1.82, 2.24) is 0 Å². The Hall–Kier alpha value is -0.740. The first kappa shape index (κ1) is 13.7. The molecule has 3 atom stereocenters. The molecule has 4 heteroatoms. The predicted octanol–water partition coefficient (Wildman–Crippen LogP) is 2.84. The summed E-state index contributed by atoms with van der Waals surface area (Å²) in [6.45, 7) is 4.24. The summed E-state index contributed by atoms with van der Waals surface area (Å²) in [5, 5.41) is -0.0736. The molecule has 1 saturated carbocycles. The molecule has 1 fully saturated rings. The van der Waals surface area contributed by atoms with Gasteiger partial charge in [-0.3, -0.25) is 4.21 Å². The van der Waals surface area contributed by atoms with Crippen LogP contribution in [0.25, 0.3) is 0 Å². The largest absolute Gasteiger partial charge is 0.326 e. The van der Waals surface area contributed by atoms with Crippen LogP contribution in [0.2, 0.25) is 0 Å². The SMILES string of the molecule is CC1(C)CCCC(S(=O)c2cccc(F)c2)C1N. The van der Waals surface area contributed by atoms with Crippen LogP contribution in [0.15, 0.2) is 29.2 Å². The molecule has 0 bridgehead atoms. The zero-order valence-corrected chi connectivity index (χ0v) is 11.7. The Morgan fingerprint density at radius 2 is 2.17 bits per heavy atom. The predicted molar refractivity (Wildman–Crippen MR) is 72.2 cm³/mol. The summed E-state index contributed by atoms with van der Waals surface area (Å²) in [7, 11) is -1.22. The zero-order chi connectivity index (χ0) is 13.3. The molecular weight excluding hydrogens is 249 g/mol. The van der Waals surface area contributed by atoms with Gasteiger partial charge >= 0.3 is 0 Å². The second kappa shape index (κ2) is 5.10. The van der Waals surface area contributed by atoms with E-state index >= 15 is 0 Å². The third kappa shape index (κ3) is 2.64. The lowest BCUT2D eigenvalue weighted by Crippen LogP contribution is -2.51. The maximum Gasteiger partial charge on any atom is 0.124 e. The highest BCUT2D eigenvalue weighted by Crippen LogP contribution is 2.37. The van der Waals surface area contributed by atoms with Crippen molar-refractivity contribution in [2.24, 2.45) is 11.1 Å². The Labute approximate surface area is 110 Å². The van der Waals surface area contributed by atoms with Crippen molar-refractivity contribution in [2.75, 3.05) is 0 Å². The highest BCUT2D eigenvalue weighted by Gasteiger charge is 2.39. The van der Waals surface area contributed by atoms with E-state index in [1.54, 1.807) is 12.1 Å². The summed E-state index contributed by atoms with van der Waals surface area (Å²) in [5.74, 6) is -0.343. The zero-order valence-electron chi connectivity index (χ0n) is 10.9. The van der Waals surface area contributed by atoms with Crippen LogP contribution in [-0.2, 0) is 10.8 Å². The van der Waals surface area contributed by atoms with Gasteiger partial charge in [0.15, 0.2) is 0 Å². The minimum absolute atomic E-state index is 0.00585. The minimum Gasteiger partial charge on any atom is -0.326 e. The summed E-state index contributed by atoms with van der Waals surface area (Å²) < 4.78 is 25.7. The Kier molecular flexibility index (Phi) is 3.87. The highest BCUT2D eigenvalue weighted by molar-refractivity contribution is 7.85. The van der Waals surface area contributed by atoms with E-state index in [2.05, 4.69) is 13.8 Å². The fourth-order valence-electron chi connectivity index (χ4n) is 2.62. The van der Waals surface area contributed by atoms with Gasteiger partial charge in [0.1, 0.15) is 5.82 Å². The molecule has 1 aliphatic rings. The number of benzene rings is 1. The second-order valence-electron chi connectivity index (χ2n) is 5.70. The number of nitrogens with two attached hydrogens (primary N) is 1. The van der Waals surface area contributed by atoms with Crippen LogP contribution < -0.4 is 5.73 Å². The Morgan fingerprint density at radius 1 is 1.44 bits per heavy atom. The van der Waals surface area contributed by atoms with Crippen LogP contribution >= 0.6 is 0 Å². The van der Waals surface area contributed by atoms with E-state index in [1.807, 2.05) is 0 Å². The van der Waals surface area contributed by atoms with Crippen LogP contribution in [0.5, 0.6) is 0 Å². The molecule has 1 aromatic rings. The van der Waals surface area contributed by atoms with Gasteiger partial charge in [0, 0.05) is 10.9 Å². The third-order valence-corrected chi connectivity index (χ3v) is 5.71. The van der Waals surface area contributed by atoms with Crippen molar-refractivity contribution in [1.29, 1.82) is 0 Å². The quantitative estimate of drug-likeness (QED) is 0.897. The van der Waals surface area contributed by atoms with E-state index in [9.17, 15) is 8.60 Å². The van der Waals surface area contributed by atoms with Gasteiger partial charge in [0.05, 0.1) is 16.0 Å². The molecule has 0 aliphatic heterocycles. The van der Waals surface area contributed by atoms with Crippen LogP contribution in [0.4, 0.5) is 4.39 Å². The van der Waals surface area contributed by atoms with Crippen LogP contribution in [0.3, 0.4) is 0 Å². The third-order valence-electron chi connectivity index (χ3n) is 3.92. The van der Waals surface area contributed by atoms with Gasteiger partial charge in [-0.2, -0.15) is 0 Å². The number of rotatable bonds is 2. The van der Waals surface area contributed by atoms with Crippen molar-refractivity contribution < 1.29 is 8.60 Å². The summed E-state index contributed by atoms with van der Waals surface area (Å²) >= 11 is 0. The highest BCUT2D eigenvalue weighted by atomic mass is 32.2. The van der Waals surface area contributed by atoms with Gasteiger partial charge in [-0.25, -0.2) is 4.39 Å². The first-order valence-electron chi connectivity index (χ1n) is 6.33. The van der Waals surface area contributed by atoms with E-state index < -0.39 is 10.8 Å². The molecule has 2 rings (SSSR count). The Balaban J connectivity index is 2.23. The minimum atomic E-state index is -1.22. The van der Waals surface area contributed by atoms with Gasteiger partial charge in [-0.1, -0.05) is 26.3 Å². The number of halogens is 1. The van der Waals surface area contributed by atoms with Crippen molar-refractivity contribution in [3.8, 4) is 0 Å². The standard InChI is InChI=1S/C14H20FNOS/c1-14(2)8-4-7-12(13(14)16)18(17)11-6-3-5-10(15)9-11/h3,5-6,9,12-13H,4,7-8,16H2,1-2H3. The summed E-state index contributed by atoms with van der Waals surface area (Å²) in [4.78, 5) is 0.549. The van der Waals surface area contributed by atoms with E-state index in [0.717, 1.165) is 19.3 Å². The van der Waals surface area contributed by atoms with Gasteiger partial charge in [0.2, 0.25) is 0 Å². The van der Waals surface area contributed by atoms with Crippen LogP contribution in [-0.4, -0.2) is 15.5 Å². The molecule has 2 nitrogen and oxygen atoms in total. The molecule has 0 saturated heterocycles. The van der Waals surface area contributed by atoms with Crippen LogP contribution in [0.1, 0.15) is 33.1 Å². The second-order valence-corrected chi connectivity index (χ2v) is 7.37. The summed E-state index contributed by atoms with van der Waals surface area (Å²) in [6, 6.07) is 5.93. The van der Waals surface area contributed by atoms with E-state index in [-0.39, 0.29) is 22.5 Å². The molecule has 18 heavy (non-hydrogen) atoms. The molecule has 100 valence electrons. The number of hydrogen-bond acceptors (Lipinski definition) is 2. The van der Waals surface area contributed by atoms with Crippen molar-refractivity contribution in [3.05, 3.63) is 30.1 Å². The molecule has 1 aromatic carbocycles. The van der Waals surface area contributed by atoms with Gasteiger partial charge in [-0.05, 0) is 36.5 Å². The molecule has 0 spiro atoms. The maximum absolute atomic E-state index is 13.2. The first-order valence-corrected chi connectivity index (χ1v) is 7.55. The molecule has 0 aromatic heterocycles. The lowest BCUT2D eigenvalue weighted by Gasteiger charge is -2.41. The lowest BCUT2D eigenvalue weighted by atomic mass is 9.73. The summed E-state index contributed by atoms with van der Waals surface area (Å²) in [5.41, 5.74) is 6.25. The molecule has 2 N–H and O–H groups in total. The van der Waals surface area contributed by atoms with Crippen LogP contribution in [0, 0.1) is 11.2 Å². The molecule has 0 heterocycles. The average molecular weight is 269 g/mol. The lowest BCUT2D eigenvalue weighted by molar-refractivity contribution is 0.206. The van der Waals surface area contributed by atoms with E-state index in [0.29, 0.717) is 4.90 Å². The van der Waals surface area contributed by atoms with Gasteiger partial charge in [0.25, 0.3) is 0 Å². The molecule has 3 unspecified atom stereocenters. The van der Waals surface area contributed by atoms with E-state index in [1.165, 1.54) is 12.1 Å². The van der Waals surface area contributed by atoms with Crippen molar-refractivity contribution in [2.45, 2.75) is 49.3 Å². The first-order chi connectivity index (χ1) is 8.42. The fraction of sp³-hybridized carbons (Fsp3) is 0.571. The smallest absolute Gasteiger partial charge is 0.124 e. The van der Waals surface area contributed by atoms with Crippen molar-refractivity contribution >= 4 is 10.8 Å². The molecule has 0 amide bonds. The van der Waals surface area contributed by atoms with E-state index in [4.69, 9.17) is 5.73 Å². The maximum atomic E-state index is 13.2. The molecule has 1 aliphatic carbocycles.